The molecule has 0 radical (unpaired) electrons. The Labute approximate surface area is 474 Å². The second kappa shape index (κ2) is 31.0. The standard InChI is InChI=1S/C24H26N4O.C14H17NO3.C11H15N3.C6H10N2O2S.C4H8N2S/c1-18-7-5-6-10-20(18)16-28-23(29)21-17-26(15-19-8-3-2-4-9-19)13-11-22(21)27-14-12-25-24(27)28;1-18-14(17)12-10-15(8-7-13(12)16)9-11-5-3-2-4-6-11;1-9-4-2-3-5-10(9)8-14-11-12-6-7-13-11;1-10-6(9)8-4-3-7-5(8)11-2;1-7-4-5-2-3-6-4/h2-10H,11-17H2,1H3;2-6,12H,7-10H2,1H3;2-5H,6-8H2,1H3,(H2,12,13,14);3-4H2,1-2H3;2-3H2,1H3,(H,5,6). The third-order valence-corrected chi connectivity index (χ3v) is 15.3. The molecular weight excluding hydrogens is 1040 g/mol. The van der Waals surface area contributed by atoms with Crippen molar-refractivity contribution in [3.05, 3.63) is 154 Å². The molecule has 4 aromatic carbocycles. The molecular formula is C59H76N12O6S2. The van der Waals surface area contributed by atoms with Crippen LogP contribution in [-0.2, 0) is 50.0 Å². The number of carbonyl (C=O) groups excluding carboxylic acids is 4. The van der Waals surface area contributed by atoms with Crippen molar-refractivity contribution in [1.82, 2.24) is 40.4 Å². The predicted octanol–water partition coefficient (Wildman–Crippen LogP) is 6.56. The van der Waals surface area contributed by atoms with Gasteiger partial charge in [-0.2, -0.15) is 0 Å². The Kier molecular flexibility index (Phi) is 23.4. The molecule has 0 saturated carbocycles. The minimum Gasteiger partial charge on any atom is -0.468 e. The SMILES string of the molecule is COC(=O)C1CN(Cc2ccccc2)CCC1=O.COC(=O)N1CCN=C1SC.CSC1=NCCN1.Cc1ccccc1CN1C(=O)C2=C(CCN(Cc3ccccc3)C2)N2CCN=C12.Cc1ccccc1CNC1=NCCN1. The number of methoxy groups -OCH3 is 2. The molecule has 0 spiro atoms. The van der Waals surface area contributed by atoms with Gasteiger partial charge in [0.05, 0.1) is 59.1 Å². The molecule has 7 heterocycles. The van der Waals surface area contributed by atoms with Crippen LogP contribution in [0.5, 0.6) is 0 Å². The van der Waals surface area contributed by atoms with Crippen LogP contribution in [0, 0.1) is 19.8 Å². The number of piperidine rings is 1. The molecule has 7 aliphatic rings. The number of hydrogen-bond donors (Lipinski definition) is 3. The lowest BCUT2D eigenvalue weighted by Gasteiger charge is -2.42. The maximum atomic E-state index is 13.5. The summed E-state index contributed by atoms with van der Waals surface area (Å²) in [6, 6.07) is 37.2. The van der Waals surface area contributed by atoms with Gasteiger partial charge >= 0.3 is 12.1 Å². The lowest BCUT2D eigenvalue weighted by molar-refractivity contribution is -0.152. The molecule has 1 unspecified atom stereocenters. The number of nitrogens with one attached hydrogen (secondary N) is 3. The molecule has 20 heteroatoms. The van der Waals surface area contributed by atoms with Crippen LogP contribution in [0.15, 0.2) is 140 Å². The third kappa shape index (κ3) is 17.2. The van der Waals surface area contributed by atoms with Crippen LogP contribution in [0.2, 0.25) is 0 Å². The summed E-state index contributed by atoms with van der Waals surface area (Å²) in [6.45, 7) is 16.9. The number of amides is 2. The van der Waals surface area contributed by atoms with Crippen molar-refractivity contribution in [2.45, 2.75) is 52.9 Å². The van der Waals surface area contributed by atoms with E-state index in [9.17, 15) is 19.2 Å². The number of ketones is 1. The highest BCUT2D eigenvalue weighted by Gasteiger charge is 2.41. The van der Waals surface area contributed by atoms with E-state index in [0.29, 0.717) is 45.7 Å². The fourth-order valence-corrected chi connectivity index (χ4v) is 10.7. The van der Waals surface area contributed by atoms with Crippen molar-refractivity contribution in [3.63, 3.8) is 0 Å². The smallest absolute Gasteiger partial charge is 0.415 e. The summed E-state index contributed by atoms with van der Waals surface area (Å²) < 4.78 is 9.23. The number of hydrogen-bond acceptors (Lipinski definition) is 18. The summed E-state index contributed by atoms with van der Waals surface area (Å²) in [5, 5.41) is 11.4. The molecule has 4 aromatic rings. The zero-order valence-electron chi connectivity index (χ0n) is 46.5. The van der Waals surface area contributed by atoms with Crippen molar-refractivity contribution in [1.29, 1.82) is 0 Å². The lowest BCUT2D eigenvalue weighted by Crippen LogP contribution is -2.53. The van der Waals surface area contributed by atoms with Gasteiger partial charge in [0.15, 0.2) is 16.3 Å². The highest BCUT2D eigenvalue weighted by atomic mass is 32.2. The number of aryl methyl sites for hydroxylation is 2. The number of rotatable bonds is 9. The Balaban J connectivity index is 0.000000155. The Bertz CT molecular complexity index is 2840. The minimum absolute atomic E-state index is 0.00818. The predicted molar refractivity (Wildman–Crippen MR) is 318 cm³/mol. The molecule has 2 amide bonds. The second-order valence-corrected chi connectivity index (χ2v) is 20.8. The molecule has 1 fully saturated rings. The summed E-state index contributed by atoms with van der Waals surface area (Å²) in [4.78, 5) is 75.1. The number of guanidine groups is 2. The number of likely N-dealkylation sites (tertiary alicyclic amines) is 1. The van der Waals surface area contributed by atoms with Gasteiger partial charge in [0, 0.05) is 84.0 Å². The first-order valence-electron chi connectivity index (χ1n) is 26.9. The van der Waals surface area contributed by atoms with Crippen LogP contribution >= 0.6 is 23.5 Å². The second-order valence-electron chi connectivity index (χ2n) is 19.3. The number of carbonyl (C=O) groups is 4. The Morgan fingerprint density at radius 3 is 1.87 bits per heavy atom. The van der Waals surface area contributed by atoms with E-state index in [1.165, 1.54) is 70.0 Å². The van der Waals surface area contributed by atoms with Gasteiger partial charge in [0.25, 0.3) is 5.91 Å². The zero-order valence-corrected chi connectivity index (χ0v) is 48.1. The number of fused-ring (bicyclic) bond motifs is 2. The van der Waals surface area contributed by atoms with E-state index in [-0.39, 0.29) is 17.8 Å². The molecule has 7 aliphatic heterocycles. The highest BCUT2D eigenvalue weighted by Crippen LogP contribution is 2.32. The Morgan fingerprint density at radius 1 is 0.658 bits per heavy atom. The van der Waals surface area contributed by atoms with Gasteiger partial charge in [-0.25, -0.2) is 4.79 Å². The summed E-state index contributed by atoms with van der Waals surface area (Å²) in [5.74, 6) is 0.844. The number of thioether (sulfide) groups is 2. The van der Waals surface area contributed by atoms with E-state index in [1.54, 1.807) is 11.8 Å². The zero-order chi connectivity index (χ0) is 55.9. The van der Waals surface area contributed by atoms with Crippen molar-refractivity contribution >= 4 is 69.5 Å². The minimum atomic E-state index is -0.618. The van der Waals surface area contributed by atoms with Gasteiger partial charge in [-0.1, -0.05) is 133 Å². The molecule has 79 heavy (non-hydrogen) atoms. The number of esters is 1. The van der Waals surface area contributed by atoms with E-state index in [4.69, 9.17) is 4.99 Å². The molecule has 0 aliphatic carbocycles. The van der Waals surface area contributed by atoms with E-state index in [1.807, 2.05) is 65.9 Å². The Hall–Kier alpha value is -7.00. The first-order chi connectivity index (χ1) is 38.5. The number of ether oxygens (including phenoxy) is 2. The van der Waals surface area contributed by atoms with Crippen LogP contribution in [0.1, 0.15) is 46.2 Å². The summed E-state index contributed by atoms with van der Waals surface area (Å²) in [7, 11) is 2.70. The molecule has 1 atom stereocenters. The maximum Gasteiger partial charge on any atom is 0.415 e. The lowest BCUT2D eigenvalue weighted by atomic mass is 9.96. The van der Waals surface area contributed by atoms with Gasteiger partial charge in [-0.15, -0.1) is 0 Å². The average molecular weight is 1110 g/mol. The molecule has 1 saturated heterocycles. The van der Waals surface area contributed by atoms with E-state index < -0.39 is 11.9 Å². The largest absolute Gasteiger partial charge is 0.468 e. The summed E-state index contributed by atoms with van der Waals surface area (Å²) in [6.07, 6.45) is 4.92. The van der Waals surface area contributed by atoms with E-state index in [2.05, 4.69) is 130 Å². The number of aliphatic imine (C=N–C) groups is 4. The summed E-state index contributed by atoms with van der Waals surface area (Å²) >= 11 is 3.13. The van der Waals surface area contributed by atoms with Gasteiger partial charge in [0.2, 0.25) is 5.96 Å². The Morgan fingerprint density at radius 2 is 1.28 bits per heavy atom. The quantitative estimate of drug-likeness (QED) is 0.121. The van der Waals surface area contributed by atoms with Crippen molar-refractivity contribution in [3.8, 4) is 0 Å². The first-order valence-corrected chi connectivity index (χ1v) is 29.3. The summed E-state index contributed by atoms with van der Waals surface area (Å²) in [5.41, 5.74) is 9.65. The van der Waals surface area contributed by atoms with Gasteiger partial charge in [-0.3, -0.25) is 54.0 Å². The fourth-order valence-electron chi connectivity index (χ4n) is 9.68. The van der Waals surface area contributed by atoms with Crippen LogP contribution in [0.25, 0.3) is 0 Å². The van der Waals surface area contributed by atoms with Gasteiger partial charge in [-0.05, 0) is 59.7 Å². The number of Topliss-reactive ketones (excluding diaryl/α,β-unsaturated/α-hetero) is 1. The van der Waals surface area contributed by atoms with Crippen LogP contribution in [-0.4, -0.2) is 176 Å². The monoisotopic (exact) mass is 1110 g/mol. The molecule has 18 nitrogen and oxygen atoms in total. The first kappa shape index (κ1) is 59.7. The molecule has 11 rings (SSSR count). The molecule has 420 valence electrons. The molecule has 0 bridgehead atoms. The average Bonchev–Trinajstić information content (AvgIpc) is 4.52. The van der Waals surface area contributed by atoms with Crippen molar-refractivity contribution in [2.75, 3.05) is 105 Å². The van der Waals surface area contributed by atoms with Crippen molar-refractivity contribution < 1.29 is 28.7 Å². The van der Waals surface area contributed by atoms with Crippen molar-refractivity contribution in [2.24, 2.45) is 25.9 Å². The van der Waals surface area contributed by atoms with Gasteiger partial charge < -0.3 is 30.3 Å². The normalized spacial score (nSPS) is 18.4. The fraction of sp³-hybridized carbons (Fsp3) is 0.424. The van der Waals surface area contributed by atoms with E-state index >= 15 is 0 Å². The maximum absolute atomic E-state index is 13.5. The van der Waals surface area contributed by atoms with Crippen LogP contribution < -0.4 is 16.0 Å². The van der Waals surface area contributed by atoms with Crippen LogP contribution in [0.4, 0.5) is 4.79 Å². The molecule has 0 aromatic heterocycles. The third-order valence-electron chi connectivity index (χ3n) is 14.0. The molecule has 3 N–H and O–H groups in total. The van der Waals surface area contributed by atoms with Gasteiger partial charge in [0.1, 0.15) is 11.7 Å². The number of nitrogens with zero attached hydrogens (tertiary/aromatic N) is 9. The number of benzene rings is 4. The van der Waals surface area contributed by atoms with Crippen LogP contribution in [0.3, 0.4) is 0 Å². The number of amidine groups is 2. The topological polar surface area (TPSA) is 188 Å². The van der Waals surface area contributed by atoms with E-state index in [0.717, 1.165) is 99.7 Å². The highest BCUT2D eigenvalue weighted by molar-refractivity contribution is 8.13.